The predicted octanol–water partition coefficient (Wildman–Crippen LogP) is 1.35. The molecule has 27 heavy (non-hydrogen) atoms. The maximum atomic E-state index is 12.9. The first-order chi connectivity index (χ1) is 12.9. The van der Waals surface area contributed by atoms with E-state index in [0.29, 0.717) is 31.5 Å². The fraction of sp³-hybridized carbons (Fsp3) is 0.278. The van der Waals surface area contributed by atoms with Crippen molar-refractivity contribution >= 4 is 17.8 Å². The van der Waals surface area contributed by atoms with Gasteiger partial charge in [0.1, 0.15) is 11.5 Å². The molecule has 140 valence electrons. The Morgan fingerprint density at radius 1 is 1.04 bits per heavy atom. The molecule has 0 radical (unpaired) electrons. The molecule has 0 unspecified atom stereocenters. The summed E-state index contributed by atoms with van der Waals surface area (Å²) < 4.78 is 12.9. The molecule has 1 aliphatic heterocycles. The Hall–Kier alpha value is -3.36. The number of carboxylic acids is 1. The summed E-state index contributed by atoms with van der Waals surface area (Å²) in [6, 6.07) is 5.21. The Kier molecular flexibility index (Phi) is 5.39. The lowest BCUT2D eigenvalue weighted by atomic mass is 10.0. The zero-order valence-electron chi connectivity index (χ0n) is 14.3. The lowest BCUT2D eigenvalue weighted by Crippen LogP contribution is -2.46. The lowest BCUT2D eigenvalue weighted by molar-refractivity contribution is 0.0672. The van der Waals surface area contributed by atoms with Gasteiger partial charge in [0, 0.05) is 24.7 Å². The second-order valence-corrected chi connectivity index (χ2v) is 6.14. The second kappa shape index (κ2) is 7.90. The van der Waals surface area contributed by atoms with Crippen LogP contribution in [0.5, 0.6) is 0 Å². The number of amides is 2. The first-order valence-corrected chi connectivity index (χ1v) is 8.35. The van der Waals surface area contributed by atoms with E-state index in [1.807, 2.05) is 0 Å². The van der Waals surface area contributed by atoms with E-state index in [1.165, 1.54) is 24.3 Å². The molecule has 0 spiro atoms. The van der Waals surface area contributed by atoms with Gasteiger partial charge in [0.15, 0.2) is 5.69 Å². The monoisotopic (exact) mass is 372 g/mol. The number of aromatic nitrogens is 2. The quantitative estimate of drug-likeness (QED) is 0.838. The molecule has 0 saturated carbocycles. The summed E-state index contributed by atoms with van der Waals surface area (Å²) in [6.45, 7) is 0.852. The number of hydrogen-bond donors (Lipinski definition) is 2. The van der Waals surface area contributed by atoms with E-state index in [2.05, 4.69) is 15.3 Å². The van der Waals surface area contributed by atoms with Crippen molar-refractivity contribution in [3.63, 3.8) is 0 Å². The summed E-state index contributed by atoms with van der Waals surface area (Å²) in [6.07, 6.45) is 3.33. The summed E-state index contributed by atoms with van der Waals surface area (Å²) >= 11 is 0. The fourth-order valence-corrected chi connectivity index (χ4v) is 2.81. The number of aromatic carboxylic acids is 1. The topological polar surface area (TPSA) is 112 Å². The number of rotatable bonds is 4. The Balaban J connectivity index is 1.53. The van der Waals surface area contributed by atoms with Crippen LogP contribution in [-0.4, -0.2) is 56.9 Å². The molecule has 2 N–H and O–H groups in total. The molecular weight excluding hydrogens is 355 g/mol. The van der Waals surface area contributed by atoms with Gasteiger partial charge < -0.3 is 15.3 Å². The van der Waals surface area contributed by atoms with Crippen molar-refractivity contribution in [2.75, 3.05) is 13.1 Å². The van der Waals surface area contributed by atoms with Gasteiger partial charge in [-0.25, -0.2) is 19.2 Å². The second-order valence-electron chi connectivity index (χ2n) is 6.14. The largest absolute Gasteiger partial charge is 0.476 e. The summed E-state index contributed by atoms with van der Waals surface area (Å²) in [5.41, 5.74) is 0.228. The third kappa shape index (κ3) is 4.43. The minimum atomic E-state index is -1.21. The Bertz CT molecular complexity index is 847. The van der Waals surface area contributed by atoms with Crippen LogP contribution in [0.25, 0.3) is 0 Å². The number of carboxylic acid groups (broad SMARTS) is 1. The molecule has 1 aromatic heterocycles. The summed E-state index contributed by atoms with van der Waals surface area (Å²) in [5, 5.41) is 11.7. The van der Waals surface area contributed by atoms with Crippen molar-refractivity contribution in [3.8, 4) is 0 Å². The molecule has 0 atom stereocenters. The molecule has 2 amide bonds. The van der Waals surface area contributed by atoms with Gasteiger partial charge in [-0.05, 0) is 37.1 Å². The first kappa shape index (κ1) is 18.4. The lowest BCUT2D eigenvalue weighted by Gasteiger charge is -2.32. The fourth-order valence-electron chi connectivity index (χ4n) is 2.81. The average Bonchev–Trinajstić information content (AvgIpc) is 2.68. The van der Waals surface area contributed by atoms with Gasteiger partial charge in [-0.3, -0.25) is 9.59 Å². The van der Waals surface area contributed by atoms with Crippen LogP contribution in [-0.2, 0) is 0 Å². The van der Waals surface area contributed by atoms with E-state index in [-0.39, 0.29) is 29.2 Å². The number of carbonyl (C=O) groups is 3. The zero-order valence-corrected chi connectivity index (χ0v) is 14.3. The van der Waals surface area contributed by atoms with Crippen LogP contribution < -0.4 is 5.32 Å². The van der Waals surface area contributed by atoms with Crippen LogP contribution in [0.2, 0.25) is 0 Å². The normalized spacial score (nSPS) is 14.6. The van der Waals surface area contributed by atoms with Gasteiger partial charge in [0.2, 0.25) is 0 Å². The molecule has 0 bridgehead atoms. The maximum Gasteiger partial charge on any atom is 0.356 e. The average molecular weight is 372 g/mol. The van der Waals surface area contributed by atoms with Gasteiger partial charge in [-0.15, -0.1) is 0 Å². The molecular formula is C18H17FN4O4. The number of piperidine rings is 1. The van der Waals surface area contributed by atoms with E-state index >= 15 is 0 Å². The van der Waals surface area contributed by atoms with E-state index in [9.17, 15) is 18.8 Å². The summed E-state index contributed by atoms with van der Waals surface area (Å²) in [7, 11) is 0. The third-order valence-electron chi connectivity index (χ3n) is 4.31. The van der Waals surface area contributed by atoms with Crippen molar-refractivity contribution in [3.05, 3.63) is 59.4 Å². The molecule has 1 fully saturated rings. The van der Waals surface area contributed by atoms with Gasteiger partial charge >= 0.3 is 5.97 Å². The predicted molar refractivity (Wildman–Crippen MR) is 91.8 cm³/mol. The van der Waals surface area contributed by atoms with E-state index in [0.717, 1.165) is 12.4 Å². The molecule has 1 aliphatic rings. The molecule has 1 aromatic carbocycles. The Labute approximate surface area is 154 Å². The number of nitrogens with one attached hydrogen (secondary N) is 1. The number of nitrogens with zero attached hydrogens (tertiary/aromatic N) is 3. The highest BCUT2D eigenvalue weighted by molar-refractivity contribution is 5.94. The van der Waals surface area contributed by atoms with E-state index < -0.39 is 11.8 Å². The number of carbonyl (C=O) groups excluding carboxylic acids is 2. The minimum Gasteiger partial charge on any atom is -0.476 e. The van der Waals surface area contributed by atoms with Crippen LogP contribution in [0.15, 0.2) is 36.7 Å². The van der Waals surface area contributed by atoms with Crippen molar-refractivity contribution in [1.82, 2.24) is 20.2 Å². The van der Waals surface area contributed by atoms with E-state index in [4.69, 9.17) is 5.11 Å². The highest BCUT2D eigenvalue weighted by Crippen LogP contribution is 2.14. The highest BCUT2D eigenvalue weighted by Gasteiger charge is 2.26. The summed E-state index contributed by atoms with van der Waals surface area (Å²) in [5.74, 6) is -2.23. The van der Waals surface area contributed by atoms with Crippen LogP contribution in [0.4, 0.5) is 4.39 Å². The highest BCUT2D eigenvalue weighted by atomic mass is 19.1. The van der Waals surface area contributed by atoms with Crippen LogP contribution in [0.3, 0.4) is 0 Å². The molecule has 8 nitrogen and oxygen atoms in total. The van der Waals surface area contributed by atoms with E-state index in [1.54, 1.807) is 4.90 Å². The SMILES string of the molecule is O=C(NC1CCN(C(=O)c2cnc(C(=O)O)cn2)CC1)c1ccc(F)cc1. The Morgan fingerprint density at radius 3 is 2.19 bits per heavy atom. The standard InChI is InChI=1S/C18H17FN4O4/c19-12-3-1-11(2-4-12)16(24)22-13-5-7-23(8-6-13)17(25)14-9-21-15(10-20-14)18(26)27/h1-4,9-10,13H,5-8H2,(H,22,24)(H,26,27). The third-order valence-corrected chi connectivity index (χ3v) is 4.31. The zero-order chi connectivity index (χ0) is 19.4. The smallest absolute Gasteiger partial charge is 0.356 e. The molecule has 2 heterocycles. The molecule has 0 aliphatic carbocycles. The van der Waals surface area contributed by atoms with Crippen molar-refractivity contribution in [1.29, 1.82) is 0 Å². The van der Waals surface area contributed by atoms with Crippen molar-refractivity contribution < 1.29 is 23.9 Å². The van der Waals surface area contributed by atoms with Crippen molar-refractivity contribution in [2.24, 2.45) is 0 Å². The molecule has 2 aromatic rings. The maximum absolute atomic E-state index is 12.9. The van der Waals surface area contributed by atoms with Crippen LogP contribution in [0.1, 0.15) is 44.2 Å². The molecule has 9 heteroatoms. The Morgan fingerprint density at radius 2 is 1.63 bits per heavy atom. The number of likely N-dealkylation sites (tertiary alicyclic amines) is 1. The number of benzene rings is 1. The molecule has 1 saturated heterocycles. The van der Waals surface area contributed by atoms with Crippen molar-refractivity contribution in [2.45, 2.75) is 18.9 Å². The molecule has 3 rings (SSSR count). The first-order valence-electron chi connectivity index (χ1n) is 8.35. The van der Waals surface area contributed by atoms with Gasteiger partial charge in [0.05, 0.1) is 12.4 Å². The van der Waals surface area contributed by atoms with Crippen LogP contribution >= 0.6 is 0 Å². The van der Waals surface area contributed by atoms with Crippen LogP contribution in [0, 0.1) is 5.82 Å². The van der Waals surface area contributed by atoms with Gasteiger partial charge in [-0.2, -0.15) is 0 Å². The summed E-state index contributed by atoms with van der Waals surface area (Å²) in [4.78, 5) is 44.5. The minimum absolute atomic E-state index is 0.0776. The van der Waals surface area contributed by atoms with Gasteiger partial charge in [0.25, 0.3) is 11.8 Å². The number of hydrogen-bond acceptors (Lipinski definition) is 5. The van der Waals surface area contributed by atoms with Gasteiger partial charge in [-0.1, -0.05) is 0 Å². The number of halogens is 1.